The van der Waals surface area contributed by atoms with Crippen molar-refractivity contribution in [3.8, 4) is 11.3 Å². The van der Waals surface area contributed by atoms with Gasteiger partial charge >= 0.3 is 0 Å². The van der Waals surface area contributed by atoms with E-state index in [0.717, 1.165) is 0 Å². The summed E-state index contributed by atoms with van der Waals surface area (Å²) in [6, 6.07) is 8.44. The molecule has 8 heteroatoms. The van der Waals surface area contributed by atoms with E-state index in [4.69, 9.17) is 0 Å². The predicted molar refractivity (Wildman–Crippen MR) is 77.1 cm³/mol. The molecule has 0 fully saturated rings. The molecule has 1 N–H and O–H groups in total. The number of non-ortho nitro benzene ring substituents is 1. The monoisotopic (exact) mass is 288 g/mol. The van der Waals surface area contributed by atoms with E-state index in [1.165, 1.54) is 30.3 Å². The summed E-state index contributed by atoms with van der Waals surface area (Å²) < 4.78 is 0. The van der Waals surface area contributed by atoms with Crippen LogP contribution in [0.15, 0.2) is 36.4 Å². The maximum absolute atomic E-state index is 11.0. The Morgan fingerprint density at radius 2 is 1.81 bits per heavy atom. The van der Waals surface area contributed by atoms with Gasteiger partial charge in [0.25, 0.3) is 11.4 Å². The molecule has 1 heterocycles. The fourth-order valence-electron chi connectivity index (χ4n) is 1.82. The minimum absolute atomic E-state index is 0.0918. The second kappa shape index (κ2) is 5.95. The smallest absolute Gasteiger partial charge is 0.275 e. The van der Waals surface area contributed by atoms with Crippen LogP contribution >= 0.6 is 0 Å². The molecule has 8 nitrogen and oxygen atoms in total. The second-order valence-corrected chi connectivity index (χ2v) is 4.19. The summed E-state index contributed by atoms with van der Waals surface area (Å²) in [5, 5.41) is 24.7. The third kappa shape index (κ3) is 3.30. The van der Waals surface area contributed by atoms with Crippen LogP contribution in [0.25, 0.3) is 11.3 Å². The number of hydrogen-bond acceptors (Lipinski definition) is 6. The maximum Gasteiger partial charge on any atom is 0.275 e. The summed E-state index contributed by atoms with van der Waals surface area (Å²) in [6.07, 6.45) is 0. The summed E-state index contributed by atoms with van der Waals surface area (Å²) in [5.74, 6) is 0.355. The molecule has 108 valence electrons. The van der Waals surface area contributed by atoms with Crippen molar-refractivity contribution in [1.82, 2.24) is 4.98 Å². The summed E-state index contributed by atoms with van der Waals surface area (Å²) in [6.45, 7) is 2.40. The Morgan fingerprint density at radius 3 is 2.43 bits per heavy atom. The Bertz CT molecular complexity index is 702. The first kappa shape index (κ1) is 14.4. The number of rotatable bonds is 5. The zero-order valence-electron chi connectivity index (χ0n) is 11.1. The minimum Gasteiger partial charge on any atom is -0.370 e. The van der Waals surface area contributed by atoms with E-state index in [9.17, 15) is 20.2 Å². The lowest BCUT2D eigenvalue weighted by molar-refractivity contribution is -0.385. The Morgan fingerprint density at radius 1 is 1.10 bits per heavy atom. The molecule has 2 aromatic rings. The van der Waals surface area contributed by atoms with Gasteiger partial charge in [-0.25, -0.2) is 4.98 Å². The van der Waals surface area contributed by atoms with Gasteiger partial charge in [0.2, 0.25) is 0 Å². The molecule has 0 amide bonds. The highest BCUT2D eigenvalue weighted by Gasteiger charge is 2.14. The standard InChI is InChI=1S/C13H12N4O4/c1-2-14-13-8-11(17(20)21)7-12(15-13)9-4-3-5-10(6-9)16(18)19/h3-8H,2H2,1H3,(H,14,15). The molecule has 0 bridgehead atoms. The van der Waals surface area contributed by atoms with E-state index < -0.39 is 9.85 Å². The zero-order valence-corrected chi connectivity index (χ0v) is 11.1. The van der Waals surface area contributed by atoms with Gasteiger partial charge in [-0.3, -0.25) is 20.2 Å². The van der Waals surface area contributed by atoms with Crippen molar-refractivity contribution in [2.24, 2.45) is 0 Å². The van der Waals surface area contributed by atoms with Crippen LogP contribution in [0.3, 0.4) is 0 Å². The molecule has 0 unspecified atom stereocenters. The van der Waals surface area contributed by atoms with E-state index >= 15 is 0 Å². The van der Waals surface area contributed by atoms with Crippen LogP contribution in [0.5, 0.6) is 0 Å². The van der Waals surface area contributed by atoms with Crippen molar-refractivity contribution in [3.63, 3.8) is 0 Å². The number of hydrogen-bond donors (Lipinski definition) is 1. The van der Waals surface area contributed by atoms with Crippen molar-refractivity contribution >= 4 is 17.2 Å². The van der Waals surface area contributed by atoms with Crippen LogP contribution < -0.4 is 5.32 Å². The topological polar surface area (TPSA) is 111 Å². The normalized spacial score (nSPS) is 10.1. The highest BCUT2D eigenvalue weighted by atomic mass is 16.6. The number of nitro groups is 2. The van der Waals surface area contributed by atoms with Gasteiger partial charge in [0, 0.05) is 30.3 Å². The molecule has 1 aromatic carbocycles. The molecule has 0 atom stereocenters. The quantitative estimate of drug-likeness (QED) is 0.668. The summed E-state index contributed by atoms with van der Waals surface area (Å²) in [7, 11) is 0. The number of benzene rings is 1. The summed E-state index contributed by atoms with van der Waals surface area (Å²) >= 11 is 0. The Balaban J connectivity index is 2.54. The molecule has 0 aliphatic carbocycles. The number of pyridine rings is 1. The lowest BCUT2D eigenvalue weighted by Gasteiger charge is -2.06. The Hall–Kier alpha value is -3.03. The number of nitro benzene ring substituents is 1. The van der Waals surface area contributed by atoms with Crippen LogP contribution in [0.2, 0.25) is 0 Å². The van der Waals surface area contributed by atoms with Crippen LogP contribution in [0, 0.1) is 20.2 Å². The van der Waals surface area contributed by atoms with Crippen LogP contribution in [0.4, 0.5) is 17.2 Å². The summed E-state index contributed by atoms with van der Waals surface area (Å²) in [4.78, 5) is 24.9. The first-order valence-corrected chi connectivity index (χ1v) is 6.16. The molecule has 21 heavy (non-hydrogen) atoms. The lowest BCUT2D eigenvalue weighted by Crippen LogP contribution is -2.01. The molecular formula is C13H12N4O4. The number of anilines is 1. The van der Waals surface area contributed by atoms with E-state index in [-0.39, 0.29) is 11.4 Å². The van der Waals surface area contributed by atoms with E-state index in [0.29, 0.717) is 23.6 Å². The summed E-state index contributed by atoms with van der Waals surface area (Å²) in [5.41, 5.74) is 0.546. The molecule has 0 aliphatic rings. The Kier molecular flexibility index (Phi) is 4.07. The maximum atomic E-state index is 11.0. The average molecular weight is 288 g/mol. The number of aromatic nitrogens is 1. The molecule has 0 aliphatic heterocycles. The number of nitrogens with one attached hydrogen (secondary N) is 1. The van der Waals surface area contributed by atoms with Gasteiger partial charge in [-0.05, 0) is 6.92 Å². The van der Waals surface area contributed by atoms with E-state index in [1.54, 1.807) is 6.07 Å². The van der Waals surface area contributed by atoms with Crippen LogP contribution in [-0.2, 0) is 0 Å². The number of nitrogens with zero attached hydrogens (tertiary/aromatic N) is 3. The van der Waals surface area contributed by atoms with Gasteiger partial charge in [0.05, 0.1) is 21.6 Å². The second-order valence-electron chi connectivity index (χ2n) is 4.19. The minimum atomic E-state index is -0.524. The average Bonchev–Trinajstić information content (AvgIpc) is 2.47. The van der Waals surface area contributed by atoms with Gasteiger partial charge < -0.3 is 5.32 Å². The fourth-order valence-corrected chi connectivity index (χ4v) is 1.82. The SMILES string of the molecule is CCNc1cc([N+](=O)[O-])cc(-c2cccc([N+](=O)[O-])c2)n1. The van der Waals surface area contributed by atoms with Gasteiger partial charge in [0.15, 0.2) is 0 Å². The third-order valence-corrected chi connectivity index (χ3v) is 2.73. The van der Waals surface area contributed by atoms with Crippen LogP contribution in [0.1, 0.15) is 6.92 Å². The molecular weight excluding hydrogens is 276 g/mol. The highest BCUT2D eigenvalue weighted by Crippen LogP contribution is 2.27. The van der Waals surface area contributed by atoms with Gasteiger partial charge in [-0.1, -0.05) is 12.1 Å². The molecule has 0 saturated carbocycles. The highest BCUT2D eigenvalue weighted by molar-refractivity contribution is 5.67. The first-order valence-electron chi connectivity index (χ1n) is 6.16. The Labute approximate surface area is 119 Å². The van der Waals surface area contributed by atoms with Crippen molar-refractivity contribution in [3.05, 3.63) is 56.6 Å². The van der Waals surface area contributed by atoms with Crippen molar-refractivity contribution in [2.45, 2.75) is 6.92 Å². The zero-order chi connectivity index (χ0) is 15.4. The largest absolute Gasteiger partial charge is 0.370 e. The van der Waals surface area contributed by atoms with Crippen molar-refractivity contribution in [2.75, 3.05) is 11.9 Å². The predicted octanol–water partition coefficient (Wildman–Crippen LogP) is 3.00. The van der Waals surface area contributed by atoms with Gasteiger partial charge in [-0.15, -0.1) is 0 Å². The third-order valence-electron chi connectivity index (χ3n) is 2.73. The lowest BCUT2D eigenvalue weighted by atomic mass is 10.1. The van der Waals surface area contributed by atoms with Gasteiger partial charge in [0.1, 0.15) is 5.82 Å². The molecule has 1 aromatic heterocycles. The fraction of sp³-hybridized carbons (Fsp3) is 0.154. The molecule has 0 radical (unpaired) electrons. The van der Waals surface area contributed by atoms with Crippen molar-refractivity contribution in [1.29, 1.82) is 0 Å². The molecule has 0 spiro atoms. The molecule has 0 saturated heterocycles. The first-order chi connectivity index (χ1) is 10.0. The van der Waals surface area contributed by atoms with E-state index in [1.807, 2.05) is 6.92 Å². The molecule has 2 rings (SSSR count). The van der Waals surface area contributed by atoms with Gasteiger partial charge in [-0.2, -0.15) is 0 Å². The van der Waals surface area contributed by atoms with Crippen LogP contribution in [-0.4, -0.2) is 21.4 Å². The van der Waals surface area contributed by atoms with E-state index in [2.05, 4.69) is 10.3 Å². The van der Waals surface area contributed by atoms with Crippen molar-refractivity contribution < 1.29 is 9.85 Å².